The Hall–Kier alpha value is -0.670. The monoisotopic (exact) mass is 291 g/mol. The third-order valence-corrected chi connectivity index (χ3v) is 5.61. The number of carbonyl (C=O) groups is 1. The second-order valence-corrected chi connectivity index (χ2v) is 7.91. The van der Waals surface area contributed by atoms with Crippen LogP contribution in [-0.2, 0) is 11.3 Å². The van der Waals surface area contributed by atoms with E-state index in [2.05, 4.69) is 35.6 Å². The van der Waals surface area contributed by atoms with Crippen molar-refractivity contribution in [3.05, 3.63) is 22.4 Å². The van der Waals surface area contributed by atoms with E-state index in [0.29, 0.717) is 5.78 Å². The number of thiophene rings is 1. The van der Waals surface area contributed by atoms with Crippen molar-refractivity contribution in [1.82, 2.24) is 4.90 Å². The van der Waals surface area contributed by atoms with Gasteiger partial charge in [0.1, 0.15) is 5.78 Å². The van der Waals surface area contributed by atoms with Crippen molar-refractivity contribution in [3.63, 3.8) is 0 Å². The molecule has 0 N–H and O–H groups in total. The van der Waals surface area contributed by atoms with Gasteiger partial charge in [-0.3, -0.25) is 9.69 Å². The average Bonchev–Trinajstić information content (AvgIpc) is 3.13. The highest BCUT2D eigenvalue weighted by molar-refractivity contribution is 7.07. The normalized spacial score (nSPS) is 26.1. The standard InChI is InChI=1S/C17H25NOS/c1-17(2)8-3-4-14(16(17)19)11-18(15-5-6-15)10-13-7-9-20-12-13/h7,9,12,14-15H,3-6,8,10-11H2,1-2H3. The summed E-state index contributed by atoms with van der Waals surface area (Å²) in [5.41, 5.74) is 1.31. The Morgan fingerprint density at radius 3 is 2.80 bits per heavy atom. The Morgan fingerprint density at radius 2 is 2.15 bits per heavy atom. The minimum atomic E-state index is -0.0967. The summed E-state index contributed by atoms with van der Waals surface area (Å²) in [6.07, 6.45) is 5.99. The zero-order valence-electron chi connectivity index (χ0n) is 12.6. The molecule has 3 heteroatoms. The molecule has 0 aliphatic heterocycles. The van der Waals surface area contributed by atoms with E-state index in [4.69, 9.17) is 0 Å². The van der Waals surface area contributed by atoms with E-state index in [9.17, 15) is 4.79 Å². The van der Waals surface area contributed by atoms with Crippen LogP contribution in [0.25, 0.3) is 0 Å². The predicted octanol–water partition coefficient (Wildman–Crippen LogP) is 4.11. The lowest BCUT2D eigenvalue weighted by Crippen LogP contribution is -2.42. The number of ketones is 1. The lowest BCUT2D eigenvalue weighted by Gasteiger charge is -2.36. The number of nitrogens with zero attached hydrogens (tertiary/aromatic N) is 1. The van der Waals surface area contributed by atoms with Crippen LogP contribution >= 0.6 is 11.3 Å². The van der Waals surface area contributed by atoms with Crippen LogP contribution in [0.2, 0.25) is 0 Å². The number of rotatable bonds is 5. The molecule has 2 saturated carbocycles. The van der Waals surface area contributed by atoms with E-state index >= 15 is 0 Å². The molecule has 110 valence electrons. The Bertz CT molecular complexity index is 461. The van der Waals surface area contributed by atoms with Gasteiger partial charge in [0.2, 0.25) is 0 Å². The smallest absolute Gasteiger partial charge is 0.142 e. The second-order valence-electron chi connectivity index (χ2n) is 7.13. The molecule has 2 fully saturated rings. The topological polar surface area (TPSA) is 20.3 Å². The van der Waals surface area contributed by atoms with Crippen molar-refractivity contribution < 1.29 is 4.79 Å². The first-order valence-electron chi connectivity index (χ1n) is 7.86. The molecule has 2 aliphatic carbocycles. The van der Waals surface area contributed by atoms with E-state index in [-0.39, 0.29) is 11.3 Å². The number of Topliss-reactive ketones (excluding diaryl/α,β-unsaturated/α-hetero) is 1. The van der Waals surface area contributed by atoms with Crippen LogP contribution in [0.15, 0.2) is 16.8 Å². The molecule has 0 radical (unpaired) electrons. The van der Waals surface area contributed by atoms with E-state index in [1.54, 1.807) is 11.3 Å². The molecule has 20 heavy (non-hydrogen) atoms. The van der Waals surface area contributed by atoms with Gasteiger partial charge in [0.05, 0.1) is 0 Å². The summed E-state index contributed by atoms with van der Waals surface area (Å²) >= 11 is 1.77. The SMILES string of the molecule is CC1(C)CCCC(CN(Cc2ccsc2)C2CC2)C1=O. The lowest BCUT2D eigenvalue weighted by atomic mass is 9.71. The molecule has 2 nitrogen and oxygen atoms in total. The van der Waals surface area contributed by atoms with Crippen molar-refractivity contribution in [1.29, 1.82) is 0 Å². The molecule has 0 spiro atoms. The van der Waals surface area contributed by atoms with Crippen LogP contribution in [0.1, 0.15) is 51.5 Å². The summed E-state index contributed by atoms with van der Waals surface area (Å²) in [6, 6.07) is 2.94. The third kappa shape index (κ3) is 3.15. The van der Waals surface area contributed by atoms with Crippen LogP contribution < -0.4 is 0 Å². The zero-order valence-corrected chi connectivity index (χ0v) is 13.4. The Balaban J connectivity index is 1.65. The van der Waals surface area contributed by atoms with E-state index in [1.807, 2.05) is 0 Å². The highest BCUT2D eigenvalue weighted by Crippen LogP contribution is 2.37. The van der Waals surface area contributed by atoms with Gasteiger partial charge in [-0.05, 0) is 48.1 Å². The highest BCUT2D eigenvalue weighted by Gasteiger charge is 2.39. The molecular weight excluding hydrogens is 266 g/mol. The van der Waals surface area contributed by atoms with Gasteiger partial charge in [-0.15, -0.1) is 0 Å². The van der Waals surface area contributed by atoms with Gasteiger partial charge in [-0.25, -0.2) is 0 Å². The lowest BCUT2D eigenvalue weighted by molar-refractivity contribution is -0.135. The summed E-state index contributed by atoms with van der Waals surface area (Å²) in [5.74, 6) is 0.762. The molecule has 0 saturated heterocycles. The maximum absolute atomic E-state index is 12.6. The summed E-state index contributed by atoms with van der Waals surface area (Å²) in [7, 11) is 0. The quantitative estimate of drug-likeness (QED) is 0.814. The molecule has 3 rings (SSSR count). The molecule has 1 heterocycles. The van der Waals surface area contributed by atoms with Crippen molar-refractivity contribution in [3.8, 4) is 0 Å². The fourth-order valence-corrected chi connectivity index (χ4v) is 4.11. The predicted molar refractivity (Wildman–Crippen MR) is 83.9 cm³/mol. The van der Waals surface area contributed by atoms with E-state index in [1.165, 1.54) is 24.8 Å². The first kappa shape index (κ1) is 14.3. The number of hydrogen-bond acceptors (Lipinski definition) is 3. The zero-order chi connectivity index (χ0) is 14.2. The fraction of sp³-hybridized carbons (Fsp3) is 0.706. The van der Waals surface area contributed by atoms with Gasteiger partial charge in [0, 0.05) is 30.5 Å². The summed E-state index contributed by atoms with van der Waals surface area (Å²) in [5, 5.41) is 4.39. The van der Waals surface area contributed by atoms with Crippen LogP contribution in [0.4, 0.5) is 0 Å². The Kier molecular flexibility index (Phi) is 4.00. The minimum Gasteiger partial charge on any atom is -0.299 e. The van der Waals surface area contributed by atoms with Crippen LogP contribution in [0.3, 0.4) is 0 Å². The van der Waals surface area contributed by atoms with Crippen LogP contribution in [-0.4, -0.2) is 23.3 Å². The molecule has 2 aliphatic rings. The highest BCUT2D eigenvalue weighted by atomic mass is 32.1. The molecule has 0 aromatic carbocycles. The van der Waals surface area contributed by atoms with Crippen molar-refractivity contribution in [2.24, 2.45) is 11.3 Å². The van der Waals surface area contributed by atoms with Crippen molar-refractivity contribution >= 4 is 17.1 Å². The van der Waals surface area contributed by atoms with Crippen molar-refractivity contribution in [2.45, 2.75) is 58.5 Å². The number of carbonyl (C=O) groups excluding carboxylic acids is 1. The van der Waals surface area contributed by atoms with E-state index in [0.717, 1.165) is 32.0 Å². The molecule has 1 unspecified atom stereocenters. The fourth-order valence-electron chi connectivity index (χ4n) is 3.45. The first-order valence-corrected chi connectivity index (χ1v) is 8.80. The summed E-state index contributed by atoms with van der Waals surface area (Å²) in [6.45, 7) is 6.25. The minimum absolute atomic E-state index is 0.0967. The molecule has 0 bridgehead atoms. The van der Waals surface area contributed by atoms with E-state index < -0.39 is 0 Å². The molecule has 1 atom stereocenters. The maximum atomic E-state index is 12.6. The van der Waals surface area contributed by atoms with Gasteiger partial charge in [0.25, 0.3) is 0 Å². The third-order valence-electron chi connectivity index (χ3n) is 4.88. The van der Waals surface area contributed by atoms with Gasteiger partial charge < -0.3 is 0 Å². The average molecular weight is 291 g/mol. The van der Waals surface area contributed by atoms with Gasteiger partial charge in [0.15, 0.2) is 0 Å². The summed E-state index contributed by atoms with van der Waals surface area (Å²) < 4.78 is 0. The largest absolute Gasteiger partial charge is 0.299 e. The number of hydrogen-bond donors (Lipinski definition) is 0. The first-order chi connectivity index (χ1) is 9.56. The van der Waals surface area contributed by atoms with Gasteiger partial charge in [-0.2, -0.15) is 11.3 Å². The molecule has 1 aromatic heterocycles. The second kappa shape index (κ2) is 5.61. The summed E-state index contributed by atoms with van der Waals surface area (Å²) in [4.78, 5) is 15.2. The molecular formula is C17H25NOS. The van der Waals surface area contributed by atoms with Crippen LogP contribution in [0.5, 0.6) is 0 Å². The maximum Gasteiger partial charge on any atom is 0.142 e. The van der Waals surface area contributed by atoms with Crippen LogP contribution in [0, 0.1) is 11.3 Å². The Morgan fingerprint density at radius 1 is 1.35 bits per heavy atom. The Labute approximate surface area is 126 Å². The molecule has 0 amide bonds. The van der Waals surface area contributed by atoms with Gasteiger partial charge >= 0.3 is 0 Å². The van der Waals surface area contributed by atoms with Gasteiger partial charge in [-0.1, -0.05) is 20.3 Å². The molecule has 1 aromatic rings. The van der Waals surface area contributed by atoms with Crippen molar-refractivity contribution in [2.75, 3.05) is 6.54 Å².